The molecule has 0 spiro atoms. The lowest BCUT2D eigenvalue weighted by Crippen LogP contribution is -1.90. The molecule has 202 valence electrons. The molecule has 0 unspecified atom stereocenters. The van der Waals surface area contributed by atoms with Gasteiger partial charge in [-0.2, -0.15) is 0 Å². The number of hydrogen-bond donors (Lipinski definition) is 0. The van der Waals surface area contributed by atoms with Crippen molar-refractivity contribution in [3.8, 4) is 44.5 Å². The van der Waals surface area contributed by atoms with Gasteiger partial charge in [0, 0.05) is 0 Å². The van der Waals surface area contributed by atoms with Crippen molar-refractivity contribution >= 4 is 32.3 Å². The number of aryl methyl sites for hydroxylation is 1. The maximum Gasteiger partial charge on any atom is -0.00264 e. The molecular weight excluding hydrogens is 516 g/mol. The summed E-state index contributed by atoms with van der Waals surface area (Å²) < 4.78 is 0. The van der Waals surface area contributed by atoms with Crippen LogP contribution in [0.4, 0.5) is 0 Å². The van der Waals surface area contributed by atoms with Crippen LogP contribution < -0.4 is 0 Å². The predicted octanol–water partition coefficient (Wildman–Crippen LogP) is 12.1. The zero-order valence-corrected chi connectivity index (χ0v) is 24.1. The summed E-state index contributed by atoms with van der Waals surface area (Å²) in [5, 5.41) is 7.77. The Bertz CT molecular complexity index is 2200. The van der Waals surface area contributed by atoms with Gasteiger partial charge in [-0.3, -0.25) is 0 Å². The third kappa shape index (κ3) is 4.40. The van der Waals surface area contributed by atoms with Gasteiger partial charge in [0.2, 0.25) is 0 Å². The molecule has 0 bridgehead atoms. The zero-order chi connectivity index (χ0) is 28.8. The zero-order valence-electron chi connectivity index (χ0n) is 24.1. The molecule has 43 heavy (non-hydrogen) atoms. The first kappa shape index (κ1) is 25.3. The van der Waals surface area contributed by atoms with Crippen molar-refractivity contribution < 1.29 is 0 Å². The number of hydrogen-bond acceptors (Lipinski definition) is 0. The van der Waals surface area contributed by atoms with Crippen LogP contribution in [0, 0.1) is 6.92 Å². The third-order valence-electron chi connectivity index (χ3n) is 8.89. The van der Waals surface area contributed by atoms with E-state index in [0.717, 1.165) is 0 Å². The molecule has 0 heterocycles. The summed E-state index contributed by atoms with van der Waals surface area (Å²) in [6, 6.07) is 59.7. The Kier molecular flexibility index (Phi) is 6.12. The molecular formula is C43H30. The monoisotopic (exact) mass is 546 g/mol. The first-order valence-electron chi connectivity index (χ1n) is 14.9. The van der Waals surface area contributed by atoms with Crippen LogP contribution in [0.15, 0.2) is 164 Å². The van der Waals surface area contributed by atoms with Crippen molar-refractivity contribution in [2.24, 2.45) is 0 Å². The molecule has 8 rings (SSSR count). The Morgan fingerprint density at radius 2 is 0.767 bits per heavy atom. The van der Waals surface area contributed by atoms with Crippen LogP contribution >= 0.6 is 0 Å². The lowest BCUT2D eigenvalue weighted by Gasteiger charge is -2.16. The van der Waals surface area contributed by atoms with Crippen LogP contribution in [0.2, 0.25) is 0 Å². The normalized spacial score (nSPS) is 11.4. The van der Waals surface area contributed by atoms with Crippen LogP contribution in [-0.2, 0) is 0 Å². The van der Waals surface area contributed by atoms with Crippen molar-refractivity contribution in [3.63, 3.8) is 0 Å². The van der Waals surface area contributed by atoms with Crippen LogP contribution in [-0.4, -0.2) is 0 Å². The fourth-order valence-electron chi connectivity index (χ4n) is 6.67. The summed E-state index contributed by atoms with van der Waals surface area (Å²) in [5.74, 6) is 0. The van der Waals surface area contributed by atoms with Gasteiger partial charge in [0.15, 0.2) is 0 Å². The summed E-state index contributed by atoms with van der Waals surface area (Å²) in [7, 11) is 0. The second kappa shape index (κ2) is 10.4. The third-order valence-corrected chi connectivity index (χ3v) is 8.89. The van der Waals surface area contributed by atoms with Gasteiger partial charge in [0.1, 0.15) is 0 Å². The predicted molar refractivity (Wildman–Crippen MR) is 185 cm³/mol. The number of fused-ring (bicyclic) bond motifs is 3. The SMILES string of the molecule is Cc1c2ccccc2c(-c2ccc3cccc(-c4ccc(-c5ccc(-c6ccccc6)cc5)cc4)c3c2)c2ccccc12. The highest BCUT2D eigenvalue weighted by Gasteiger charge is 2.14. The summed E-state index contributed by atoms with van der Waals surface area (Å²) in [4.78, 5) is 0. The van der Waals surface area contributed by atoms with E-state index in [2.05, 4.69) is 171 Å². The van der Waals surface area contributed by atoms with Gasteiger partial charge in [0.25, 0.3) is 0 Å². The lowest BCUT2D eigenvalue weighted by atomic mass is 9.87. The molecule has 0 aliphatic carbocycles. The van der Waals surface area contributed by atoms with E-state index in [-0.39, 0.29) is 0 Å². The van der Waals surface area contributed by atoms with E-state index in [9.17, 15) is 0 Å². The highest BCUT2D eigenvalue weighted by Crippen LogP contribution is 2.41. The van der Waals surface area contributed by atoms with E-state index >= 15 is 0 Å². The van der Waals surface area contributed by atoms with Crippen molar-refractivity contribution in [1.82, 2.24) is 0 Å². The van der Waals surface area contributed by atoms with Gasteiger partial charge in [-0.05, 0) is 95.4 Å². The summed E-state index contributed by atoms with van der Waals surface area (Å²) in [6.45, 7) is 2.24. The van der Waals surface area contributed by atoms with E-state index in [0.29, 0.717) is 0 Å². The topological polar surface area (TPSA) is 0 Å². The average Bonchev–Trinajstić information content (AvgIpc) is 3.09. The van der Waals surface area contributed by atoms with E-state index in [4.69, 9.17) is 0 Å². The molecule has 8 aromatic carbocycles. The van der Waals surface area contributed by atoms with Crippen LogP contribution in [0.3, 0.4) is 0 Å². The van der Waals surface area contributed by atoms with Gasteiger partial charge in [-0.15, -0.1) is 0 Å². The van der Waals surface area contributed by atoms with Crippen molar-refractivity contribution in [2.75, 3.05) is 0 Å². The minimum atomic E-state index is 1.22. The number of benzene rings is 8. The maximum atomic E-state index is 2.39. The van der Waals surface area contributed by atoms with Crippen molar-refractivity contribution in [2.45, 2.75) is 6.92 Å². The molecule has 0 N–H and O–H groups in total. The molecule has 0 radical (unpaired) electrons. The van der Waals surface area contributed by atoms with Gasteiger partial charge in [-0.1, -0.05) is 158 Å². The fraction of sp³-hybridized carbons (Fsp3) is 0.0233. The van der Waals surface area contributed by atoms with Crippen LogP contribution in [0.5, 0.6) is 0 Å². The molecule has 0 fully saturated rings. The molecule has 0 aromatic heterocycles. The second-order valence-electron chi connectivity index (χ2n) is 11.4. The highest BCUT2D eigenvalue weighted by atomic mass is 14.2. The fourth-order valence-corrected chi connectivity index (χ4v) is 6.67. The Balaban J connectivity index is 1.22. The quantitative estimate of drug-likeness (QED) is 0.193. The van der Waals surface area contributed by atoms with E-state index in [1.54, 1.807) is 0 Å². The van der Waals surface area contributed by atoms with E-state index in [1.165, 1.54) is 82.4 Å². The van der Waals surface area contributed by atoms with Crippen LogP contribution in [0.1, 0.15) is 5.56 Å². The molecule has 0 aliphatic rings. The minimum absolute atomic E-state index is 1.22. The standard InChI is InChI=1S/C43H30/c1-29-37-13-5-7-15-40(37)43(41-16-8-6-14-38(29)41)36-27-26-34-12-9-17-39(42(34)28-36)35-24-22-33(23-25-35)32-20-18-31(19-21-32)30-10-3-2-4-11-30/h2-28H,1H3. The first-order chi connectivity index (χ1) is 21.2. The smallest absolute Gasteiger partial charge is 0.00264 e. The van der Waals surface area contributed by atoms with Crippen LogP contribution in [0.25, 0.3) is 76.8 Å². The van der Waals surface area contributed by atoms with Crippen molar-refractivity contribution in [1.29, 1.82) is 0 Å². The van der Waals surface area contributed by atoms with E-state index in [1.807, 2.05) is 0 Å². The Labute approximate surface area is 252 Å². The largest absolute Gasteiger partial charge is 0.0622 e. The minimum Gasteiger partial charge on any atom is -0.0622 e. The maximum absolute atomic E-state index is 2.39. The van der Waals surface area contributed by atoms with Gasteiger partial charge in [0.05, 0.1) is 0 Å². The summed E-state index contributed by atoms with van der Waals surface area (Å²) in [5.41, 5.74) is 11.3. The molecule has 0 aliphatic heterocycles. The number of rotatable bonds is 4. The summed E-state index contributed by atoms with van der Waals surface area (Å²) in [6.07, 6.45) is 0. The average molecular weight is 547 g/mol. The molecule has 8 aromatic rings. The Morgan fingerprint density at radius 3 is 1.35 bits per heavy atom. The molecule has 0 atom stereocenters. The van der Waals surface area contributed by atoms with Crippen molar-refractivity contribution in [3.05, 3.63) is 169 Å². The molecule has 0 amide bonds. The summed E-state index contributed by atoms with van der Waals surface area (Å²) >= 11 is 0. The lowest BCUT2D eigenvalue weighted by molar-refractivity contribution is 1.57. The molecule has 0 heteroatoms. The Morgan fingerprint density at radius 1 is 0.302 bits per heavy atom. The molecule has 0 saturated carbocycles. The van der Waals surface area contributed by atoms with E-state index < -0.39 is 0 Å². The van der Waals surface area contributed by atoms with Gasteiger partial charge in [-0.25, -0.2) is 0 Å². The second-order valence-corrected chi connectivity index (χ2v) is 11.4. The Hall–Kier alpha value is -5.46. The first-order valence-corrected chi connectivity index (χ1v) is 14.9. The molecule has 0 saturated heterocycles. The van der Waals surface area contributed by atoms with Gasteiger partial charge >= 0.3 is 0 Å². The van der Waals surface area contributed by atoms with Gasteiger partial charge < -0.3 is 0 Å². The molecule has 0 nitrogen and oxygen atoms in total. The highest BCUT2D eigenvalue weighted by molar-refractivity contribution is 6.16.